The van der Waals surface area contributed by atoms with Gasteiger partial charge >= 0.3 is 0 Å². The normalized spacial score (nSPS) is 12.5. The number of nitrogens with zero attached hydrogens (tertiary/aromatic N) is 2. The van der Waals surface area contributed by atoms with Crippen molar-refractivity contribution in [3.05, 3.63) is 17.0 Å². The van der Waals surface area contributed by atoms with Crippen molar-refractivity contribution < 1.29 is 8.42 Å². The number of likely N-dealkylation sites (N-methyl/N-ethyl adjacent to an activating group) is 1. The van der Waals surface area contributed by atoms with E-state index in [4.69, 9.17) is 5.73 Å². The first-order valence-corrected chi connectivity index (χ1v) is 8.61. The van der Waals surface area contributed by atoms with Gasteiger partial charge in [-0.05, 0) is 32.6 Å². The van der Waals surface area contributed by atoms with E-state index in [1.807, 2.05) is 25.9 Å². The van der Waals surface area contributed by atoms with Crippen LogP contribution in [0.25, 0.3) is 0 Å². The van der Waals surface area contributed by atoms with Crippen LogP contribution in [0.4, 0.5) is 0 Å². The van der Waals surface area contributed by atoms with Crippen LogP contribution in [0.15, 0.2) is 16.3 Å². The fraction of sp³-hybridized carbons (Fsp3) is 0.667. The number of hydrogen-bond donors (Lipinski definition) is 1. The Morgan fingerprint density at radius 1 is 1.21 bits per heavy atom. The Morgan fingerprint density at radius 3 is 2.37 bits per heavy atom. The molecule has 19 heavy (non-hydrogen) atoms. The number of thiophene rings is 1. The number of rotatable bonds is 8. The van der Waals surface area contributed by atoms with Crippen molar-refractivity contribution in [2.24, 2.45) is 5.73 Å². The molecular weight excluding hydrogens is 282 g/mol. The molecule has 0 amide bonds. The van der Waals surface area contributed by atoms with Gasteiger partial charge in [0.25, 0.3) is 10.0 Å². The topological polar surface area (TPSA) is 66.6 Å². The highest BCUT2D eigenvalue weighted by Gasteiger charge is 2.25. The van der Waals surface area contributed by atoms with Crippen LogP contribution in [-0.2, 0) is 16.6 Å². The minimum atomic E-state index is -3.38. The quantitative estimate of drug-likeness (QED) is 0.783. The molecule has 0 saturated heterocycles. The highest BCUT2D eigenvalue weighted by atomic mass is 32.2. The van der Waals surface area contributed by atoms with Crippen molar-refractivity contribution in [3.8, 4) is 0 Å². The summed E-state index contributed by atoms with van der Waals surface area (Å²) in [6, 6.07) is 3.44. The maximum absolute atomic E-state index is 12.5. The molecule has 5 nitrogen and oxygen atoms in total. The second-order valence-electron chi connectivity index (χ2n) is 4.63. The average Bonchev–Trinajstić information content (AvgIpc) is 2.83. The third kappa shape index (κ3) is 4.54. The molecule has 110 valence electrons. The van der Waals surface area contributed by atoms with E-state index in [1.54, 1.807) is 16.4 Å². The Hall–Kier alpha value is -0.470. The van der Waals surface area contributed by atoms with E-state index in [9.17, 15) is 8.42 Å². The summed E-state index contributed by atoms with van der Waals surface area (Å²) in [5.74, 6) is 0. The van der Waals surface area contributed by atoms with E-state index < -0.39 is 10.0 Å². The minimum absolute atomic E-state index is 0.381. The third-order valence-corrected chi connectivity index (χ3v) is 6.18. The SMILES string of the molecule is CCCN(CCN(C)C)S(=O)(=O)c1ccc(CN)s1. The molecule has 1 aromatic rings. The van der Waals surface area contributed by atoms with Gasteiger partial charge < -0.3 is 10.6 Å². The molecule has 0 saturated carbocycles. The molecule has 2 N–H and O–H groups in total. The van der Waals surface area contributed by atoms with Crippen LogP contribution in [0.2, 0.25) is 0 Å². The maximum Gasteiger partial charge on any atom is 0.252 e. The molecule has 0 unspecified atom stereocenters. The van der Waals surface area contributed by atoms with Gasteiger partial charge in [-0.2, -0.15) is 4.31 Å². The van der Waals surface area contributed by atoms with E-state index >= 15 is 0 Å². The zero-order chi connectivity index (χ0) is 14.5. The van der Waals surface area contributed by atoms with E-state index in [0.29, 0.717) is 30.4 Å². The molecule has 0 aliphatic carbocycles. The number of sulfonamides is 1. The molecule has 0 aliphatic rings. The molecule has 0 spiro atoms. The van der Waals surface area contributed by atoms with Crippen molar-refractivity contribution in [1.29, 1.82) is 0 Å². The van der Waals surface area contributed by atoms with Gasteiger partial charge in [0.2, 0.25) is 0 Å². The Labute approximate surface area is 120 Å². The summed E-state index contributed by atoms with van der Waals surface area (Å²) in [6.07, 6.45) is 0.807. The molecule has 0 fully saturated rings. The summed E-state index contributed by atoms with van der Waals surface area (Å²) in [7, 11) is 0.499. The molecule has 1 rings (SSSR count). The summed E-state index contributed by atoms with van der Waals surface area (Å²) in [4.78, 5) is 2.88. The van der Waals surface area contributed by atoms with Crippen LogP contribution in [0.3, 0.4) is 0 Å². The van der Waals surface area contributed by atoms with Crippen molar-refractivity contribution in [2.75, 3.05) is 33.7 Å². The smallest absolute Gasteiger partial charge is 0.252 e. The lowest BCUT2D eigenvalue weighted by Crippen LogP contribution is -2.36. The lowest BCUT2D eigenvalue weighted by atomic mass is 10.4. The predicted octanol–water partition coefficient (Wildman–Crippen LogP) is 1.17. The van der Waals surface area contributed by atoms with E-state index in [2.05, 4.69) is 0 Å². The standard InChI is InChI=1S/C12H23N3O2S2/c1-4-7-15(9-8-14(2)3)19(16,17)12-6-5-11(10-13)18-12/h5-6H,4,7-10,13H2,1-3H3. The second-order valence-corrected chi connectivity index (χ2v) is 7.97. The van der Waals surface area contributed by atoms with Gasteiger partial charge in [0.15, 0.2) is 0 Å². The minimum Gasteiger partial charge on any atom is -0.326 e. The molecule has 7 heteroatoms. The molecule has 0 atom stereocenters. The molecule has 0 aromatic carbocycles. The zero-order valence-corrected chi connectivity index (χ0v) is 13.4. The van der Waals surface area contributed by atoms with Gasteiger partial charge in [0.1, 0.15) is 4.21 Å². The van der Waals surface area contributed by atoms with Crippen LogP contribution < -0.4 is 5.73 Å². The maximum atomic E-state index is 12.5. The number of nitrogens with two attached hydrogens (primary N) is 1. The number of hydrogen-bond acceptors (Lipinski definition) is 5. The van der Waals surface area contributed by atoms with E-state index in [1.165, 1.54) is 11.3 Å². The summed E-state index contributed by atoms with van der Waals surface area (Å²) in [6.45, 7) is 4.14. The van der Waals surface area contributed by atoms with Crippen molar-refractivity contribution in [1.82, 2.24) is 9.21 Å². The molecule has 1 aromatic heterocycles. The van der Waals surface area contributed by atoms with Gasteiger partial charge in [-0.3, -0.25) is 0 Å². The van der Waals surface area contributed by atoms with E-state index in [0.717, 1.165) is 11.3 Å². The van der Waals surface area contributed by atoms with Crippen LogP contribution in [0.5, 0.6) is 0 Å². The highest BCUT2D eigenvalue weighted by molar-refractivity contribution is 7.91. The zero-order valence-electron chi connectivity index (χ0n) is 11.8. The summed E-state index contributed by atoms with van der Waals surface area (Å²) in [5, 5.41) is 0. The molecule has 0 aliphatic heterocycles. The Balaban J connectivity index is 2.91. The first kappa shape index (κ1) is 16.6. The Bertz CT molecular complexity index is 483. The Kier molecular flexibility index (Phi) is 6.41. The summed E-state index contributed by atoms with van der Waals surface area (Å²) in [5.41, 5.74) is 5.53. The van der Waals surface area contributed by atoms with E-state index in [-0.39, 0.29) is 0 Å². The summed E-state index contributed by atoms with van der Waals surface area (Å²) < 4.78 is 27.0. The van der Waals surface area contributed by atoms with Gasteiger partial charge in [0.05, 0.1) is 0 Å². The molecule has 0 radical (unpaired) electrons. The lowest BCUT2D eigenvalue weighted by Gasteiger charge is -2.22. The molecular formula is C12H23N3O2S2. The van der Waals surface area contributed by atoms with Gasteiger partial charge in [0, 0.05) is 31.1 Å². The van der Waals surface area contributed by atoms with Crippen molar-refractivity contribution >= 4 is 21.4 Å². The van der Waals surface area contributed by atoms with Gasteiger partial charge in [-0.1, -0.05) is 6.92 Å². The average molecular weight is 305 g/mol. The van der Waals surface area contributed by atoms with Gasteiger partial charge in [-0.15, -0.1) is 11.3 Å². The predicted molar refractivity (Wildman–Crippen MR) is 79.8 cm³/mol. The van der Waals surface area contributed by atoms with Crippen LogP contribution >= 0.6 is 11.3 Å². The lowest BCUT2D eigenvalue weighted by molar-refractivity contribution is 0.333. The van der Waals surface area contributed by atoms with Gasteiger partial charge in [-0.25, -0.2) is 8.42 Å². The second kappa shape index (κ2) is 7.35. The monoisotopic (exact) mass is 305 g/mol. The van der Waals surface area contributed by atoms with Crippen molar-refractivity contribution in [3.63, 3.8) is 0 Å². The fourth-order valence-electron chi connectivity index (χ4n) is 1.65. The molecule has 1 heterocycles. The highest BCUT2D eigenvalue weighted by Crippen LogP contribution is 2.24. The largest absolute Gasteiger partial charge is 0.326 e. The van der Waals surface area contributed by atoms with Crippen molar-refractivity contribution in [2.45, 2.75) is 24.1 Å². The van der Waals surface area contributed by atoms with Crippen LogP contribution in [-0.4, -0.2) is 51.4 Å². The molecule has 0 bridgehead atoms. The van der Waals surface area contributed by atoms with Crippen LogP contribution in [0, 0.1) is 0 Å². The third-order valence-electron chi connectivity index (χ3n) is 2.70. The Morgan fingerprint density at radius 2 is 1.89 bits per heavy atom. The fourth-order valence-corrected chi connectivity index (χ4v) is 4.56. The first-order valence-electron chi connectivity index (χ1n) is 6.35. The van der Waals surface area contributed by atoms with Crippen LogP contribution in [0.1, 0.15) is 18.2 Å². The summed E-state index contributed by atoms with van der Waals surface area (Å²) >= 11 is 1.26. The first-order chi connectivity index (χ1) is 8.91.